The van der Waals surface area contributed by atoms with Crippen molar-refractivity contribution in [1.29, 1.82) is 0 Å². The summed E-state index contributed by atoms with van der Waals surface area (Å²) in [6, 6.07) is 10.4. The highest BCUT2D eigenvalue weighted by molar-refractivity contribution is 7.88. The van der Waals surface area contributed by atoms with Crippen molar-refractivity contribution in [2.75, 3.05) is 45.5 Å². The van der Waals surface area contributed by atoms with Crippen LogP contribution >= 0.6 is 11.6 Å². The third kappa shape index (κ3) is 4.19. The van der Waals surface area contributed by atoms with Crippen LogP contribution in [0, 0.1) is 5.92 Å². The largest absolute Gasteiger partial charge is 0.368 e. The quantitative estimate of drug-likeness (QED) is 0.742. The van der Waals surface area contributed by atoms with Crippen LogP contribution < -0.4 is 5.32 Å². The molecule has 1 aromatic heterocycles. The van der Waals surface area contributed by atoms with Crippen molar-refractivity contribution < 1.29 is 8.42 Å². The molecule has 3 aliphatic rings. The summed E-state index contributed by atoms with van der Waals surface area (Å²) in [5, 5.41) is 4.17. The lowest BCUT2D eigenvalue weighted by Crippen LogP contribution is -2.42. The summed E-state index contributed by atoms with van der Waals surface area (Å²) < 4.78 is 25.7. The summed E-state index contributed by atoms with van der Waals surface area (Å²) in [5.41, 5.74) is 5.85. The van der Waals surface area contributed by atoms with Crippen LogP contribution in [0.2, 0.25) is 5.02 Å². The molecule has 3 heterocycles. The first kappa shape index (κ1) is 21.9. The fraction of sp³-hybridized carbons (Fsp3) is 0.458. The Morgan fingerprint density at radius 3 is 2.56 bits per heavy atom. The highest BCUT2D eigenvalue weighted by Crippen LogP contribution is 2.45. The number of aromatic nitrogens is 1. The standard InChI is InChI=1S/C24H29ClN4O2S/c1-32(30,31)29-11-6-17(7-12-29)23-20-5-4-19(25)16-21(20)22(28-13-9-26-10-14-28)15-18-3-2-8-27-24(18)23/h2-5,8,15-17,23,26H,6-7,9-14H2,1H3/t23-/m0/s1. The third-order valence-electron chi connectivity index (χ3n) is 6.98. The van der Waals surface area contributed by atoms with Crippen LogP contribution in [0.25, 0.3) is 11.8 Å². The second-order valence-corrected chi connectivity index (χ2v) is 11.4. The molecule has 5 rings (SSSR count). The van der Waals surface area contributed by atoms with Gasteiger partial charge in [0.05, 0.1) is 11.9 Å². The fourth-order valence-electron chi connectivity index (χ4n) is 5.39. The lowest BCUT2D eigenvalue weighted by Gasteiger charge is -2.36. The van der Waals surface area contributed by atoms with Gasteiger partial charge in [0.2, 0.25) is 10.0 Å². The van der Waals surface area contributed by atoms with Gasteiger partial charge < -0.3 is 10.2 Å². The molecule has 1 atom stereocenters. The molecule has 2 aliphatic heterocycles. The van der Waals surface area contributed by atoms with E-state index in [0.29, 0.717) is 19.0 Å². The third-order valence-corrected chi connectivity index (χ3v) is 8.52. The van der Waals surface area contributed by atoms with Crippen molar-refractivity contribution in [3.8, 4) is 0 Å². The van der Waals surface area contributed by atoms with Gasteiger partial charge in [-0.3, -0.25) is 4.98 Å². The van der Waals surface area contributed by atoms with E-state index in [1.54, 1.807) is 4.31 Å². The second kappa shape index (κ2) is 8.78. The van der Waals surface area contributed by atoms with Crippen LogP contribution in [-0.2, 0) is 10.0 Å². The van der Waals surface area contributed by atoms with Gasteiger partial charge in [-0.2, -0.15) is 0 Å². The van der Waals surface area contributed by atoms with Crippen LogP contribution in [0.4, 0.5) is 0 Å². The average Bonchev–Trinajstić information content (AvgIpc) is 2.93. The van der Waals surface area contributed by atoms with E-state index in [-0.39, 0.29) is 5.92 Å². The van der Waals surface area contributed by atoms with E-state index in [0.717, 1.165) is 55.3 Å². The highest BCUT2D eigenvalue weighted by Gasteiger charge is 2.36. The maximum Gasteiger partial charge on any atom is 0.211 e. The molecule has 2 saturated heterocycles. The fourth-order valence-corrected chi connectivity index (χ4v) is 6.44. The Bertz CT molecular complexity index is 1140. The van der Waals surface area contributed by atoms with Gasteiger partial charge >= 0.3 is 0 Å². The summed E-state index contributed by atoms with van der Waals surface area (Å²) in [6.45, 7) is 4.93. The number of halogens is 1. The van der Waals surface area contributed by atoms with E-state index in [9.17, 15) is 8.42 Å². The van der Waals surface area contributed by atoms with Crippen molar-refractivity contribution >= 4 is 33.4 Å². The number of piperidine rings is 1. The van der Waals surface area contributed by atoms with Crippen molar-refractivity contribution in [2.24, 2.45) is 5.92 Å². The van der Waals surface area contributed by atoms with Gasteiger partial charge in [0.25, 0.3) is 0 Å². The molecule has 6 nitrogen and oxygen atoms in total. The second-order valence-electron chi connectivity index (χ2n) is 8.95. The SMILES string of the molecule is CS(=O)(=O)N1CCC([C@H]2c3ccc(Cl)cc3C(N3CCNCC3)=Cc3cccnc32)CC1. The smallest absolute Gasteiger partial charge is 0.211 e. The number of rotatable bonds is 3. The lowest BCUT2D eigenvalue weighted by molar-refractivity contribution is 0.256. The van der Waals surface area contributed by atoms with Crippen LogP contribution in [-0.4, -0.2) is 68.1 Å². The van der Waals surface area contributed by atoms with Gasteiger partial charge in [-0.1, -0.05) is 23.7 Å². The molecular formula is C24H29ClN4O2S. The molecule has 0 radical (unpaired) electrons. The molecule has 1 aromatic carbocycles. The summed E-state index contributed by atoms with van der Waals surface area (Å²) in [7, 11) is -3.16. The van der Waals surface area contributed by atoms with E-state index < -0.39 is 10.0 Å². The summed E-state index contributed by atoms with van der Waals surface area (Å²) in [5.74, 6) is 0.425. The van der Waals surface area contributed by atoms with E-state index in [4.69, 9.17) is 16.6 Å². The van der Waals surface area contributed by atoms with Crippen LogP contribution in [0.5, 0.6) is 0 Å². The number of pyridine rings is 1. The molecule has 8 heteroatoms. The molecule has 1 N–H and O–H groups in total. The highest BCUT2D eigenvalue weighted by atomic mass is 35.5. The van der Waals surface area contributed by atoms with Gasteiger partial charge in [0, 0.05) is 67.7 Å². The molecule has 1 aliphatic carbocycles. The number of fused-ring (bicyclic) bond motifs is 2. The minimum atomic E-state index is -3.16. The van der Waals surface area contributed by atoms with Crippen molar-refractivity contribution in [1.82, 2.24) is 19.5 Å². The molecule has 170 valence electrons. The zero-order valence-corrected chi connectivity index (χ0v) is 19.9. The Morgan fingerprint density at radius 1 is 1.09 bits per heavy atom. The Morgan fingerprint density at radius 2 is 1.84 bits per heavy atom. The van der Waals surface area contributed by atoms with Crippen molar-refractivity contribution in [3.63, 3.8) is 0 Å². The van der Waals surface area contributed by atoms with Gasteiger partial charge in [-0.15, -0.1) is 0 Å². The number of piperazine rings is 1. The number of nitrogens with zero attached hydrogens (tertiary/aromatic N) is 3. The lowest BCUT2D eigenvalue weighted by atomic mass is 9.76. The Balaban J connectivity index is 1.60. The first-order chi connectivity index (χ1) is 15.4. The molecule has 32 heavy (non-hydrogen) atoms. The minimum Gasteiger partial charge on any atom is -0.368 e. The Kier molecular flexibility index (Phi) is 6.01. The monoisotopic (exact) mass is 472 g/mol. The molecule has 0 spiro atoms. The normalized spacial score (nSPS) is 22.6. The van der Waals surface area contributed by atoms with E-state index in [2.05, 4.69) is 34.5 Å². The van der Waals surface area contributed by atoms with Gasteiger partial charge in [0.1, 0.15) is 0 Å². The molecule has 0 unspecified atom stereocenters. The number of nitrogens with one attached hydrogen (secondary N) is 1. The topological polar surface area (TPSA) is 65.5 Å². The van der Waals surface area contributed by atoms with E-state index in [1.807, 2.05) is 18.3 Å². The number of hydrogen-bond acceptors (Lipinski definition) is 5. The maximum absolute atomic E-state index is 12.1. The average molecular weight is 473 g/mol. The van der Waals surface area contributed by atoms with Crippen molar-refractivity contribution in [3.05, 3.63) is 63.9 Å². The van der Waals surface area contributed by atoms with E-state index in [1.165, 1.54) is 23.1 Å². The predicted molar refractivity (Wildman–Crippen MR) is 129 cm³/mol. The molecule has 0 saturated carbocycles. The minimum absolute atomic E-state index is 0.108. The maximum atomic E-state index is 12.1. The first-order valence-electron chi connectivity index (χ1n) is 11.3. The molecular weight excluding hydrogens is 444 g/mol. The number of hydrogen-bond donors (Lipinski definition) is 1. The van der Waals surface area contributed by atoms with Crippen LogP contribution in [0.3, 0.4) is 0 Å². The van der Waals surface area contributed by atoms with Crippen LogP contribution in [0.15, 0.2) is 36.5 Å². The van der Waals surface area contributed by atoms with Gasteiger partial charge in [-0.05, 0) is 54.2 Å². The van der Waals surface area contributed by atoms with Crippen molar-refractivity contribution in [2.45, 2.75) is 18.8 Å². The molecule has 0 amide bonds. The predicted octanol–water partition coefficient (Wildman–Crippen LogP) is 3.26. The zero-order chi connectivity index (χ0) is 22.3. The van der Waals surface area contributed by atoms with Gasteiger partial charge in [-0.25, -0.2) is 12.7 Å². The number of benzene rings is 1. The van der Waals surface area contributed by atoms with Crippen LogP contribution in [0.1, 0.15) is 41.1 Å². The summed E-state index contributed by atoms with van der Waals surface area (Å²) in [4.78, 5) is 7.31. The Hall–Kier alpha value is -1.93. The Labute approximate surface area is 195 Å². The van der Waals surface area contributed by atoms with E-state index >= 15 is 0 Å². The molecule has 2 aromatic rings. The summed E-state index contributed by atoms with van der Waals surface area (Å²) >= 11 is 6.50. The first-order valence-corrected chi connectivity index (χ1v) is 13.5. The zero-order valence-electron chi connectivity index (χ0n) is 18.3. The molecule has 0 bridgehead atoms. The van der Waals surface area contributed by atoms with Gasteiger partial charge in [0.15, 0.2) is 0 Å². The molecule has 2 fully saturated rings. The number of sulfonamides is 1. The summed E-state index contributed by atoms with van der Waals surface area (Å²) in [6.07, 6.45) is 7.08.